The van der Waals surface area contributed by atoms with E-state index < -0.39 is 6.29 Å². The second kappa shape index (κ2) is 11.8. The average Bonchev–Trinajstić information content (AvgIpc) is 2.38. The number of rotatable bonds is 11. The van der Waals surface area contributed by atoms with E-state index in [0.29, 0.717) is 12.8 Å². The number of esters is 2. The van der Waals surface area contributed by atoms with E-state index in [9.17, 15) is 9.59 Å². The minimum atomic E-state index is -0.955. The number of carbonyl (C=O) groups is 2. The van der Waals surface area contributed by atoms with E-state index in [1.54, 1.807) is 0 Å². The number of hydrogen-bond donors (Lipinski definition) is 0. The van der Waals surface area contributed by atoms with Gasteiger partial charge in [0.25, 0.3) is 6.29 Å². The van der Waals surface area contributed by atoms with Gasteiger partial charge in [-0.1, -0.05) is 46.1 Å². The molecule has 0 unspecified atom stereocenters. The topological polar surface area (TPSA) is 52.6 Å². The van der Waals surface area contributed by atoms with Gasteiger partial charge in [0.2, 0.25) is 0 Å². The molecule has 19 heavy (non-hydrogen) atoms. The van der Waals surface area contributed by atoms with Crippen LogP contribution in [0.1, 0.15) is 65.2 Å². The molecule has 4 nitrogen and oxygen atoms in total. The quantitative estimate of drug-likeness (QED) is 0.248. The molecule has 0 N–H and O–H groups in total. The molecule has 4 heteroatoms. The Balaban J connectivity index is 3.89. The monoisotopic (exact) mass is 270 g/mol. The van der Waals surface area contributed by atoms with Gasteiger partial charge in [-0.25, -0.2) is 0 Å². The number of hydrogen-bond acceptors (Lipinski definition) is 4. The third-order valence-electron chi connectivity index (χ3n) is 2.66. The summed E-state index contributed by atoms with van der Waals surface area (Å²) in [5.74, 6) is -0.695. The lowest BCUT2D eigenvalue weighted by Gasteiger charge is -2.14. The van der Waals surface area contributed by atoms with Gasteiger partial charge in [-0.3, -0.25) is 9.59 Å². The molecule has 0 saturated heterocycles. The largest absolute Gasteiger partial charge is 0.421 e. The third kappa shape index (κ3) is 10.3. The summed E-state index contributed by atoms with van der Waals surface area (Å²) in [6.07, 6.45) is 6.74. The fourth-order valence-electron chi connectivity index (χ4n) is 1.54. The van der Waals surface area contributed by atoms with Crippen LogP contribution in [0, 0.1) is 0 Å². The van der Waals surface area contributed by atoms with Crippen LogP contribution in [0.15, 0.2) is 12.7 Å². The van der Waals surface area contributed by atoms with E-state index in [4.69, 9.17) is 9.47 Å². The van der Waals surface area contributed by atoms with Crippen LogP contribution in [0.25, 0.3) is 0 Å². The summed E-state index contributed by atoms with van der Waals surface area (Å²) in [4.78, 5) is 22.9. The molecule has 0 saturated carbocycles. The average molecular weight is 270 g/mol. The van der Waals surface area contributed by atoms with Crippen molar-refractivity contribution in [2.45, 2.75) is 71.5 Å². The number of carbonyl (C=O) groups excluding carboxylic acids is 2. The molecule has 0 rings (SSSR count). The minimum absolute atomic E-state index is 0.347. The van der Waals surface area contributed by atoms with E-state index >= 15 is 0 Å². The molecule has 0 spiro atoms. The van der Waals surface area contributed by atoms with Crippen molar-refractivity contribution in [1.29, 1.82) is 0 Å². The van der Waals surface area contributed by atoms with Crippen molar-refractivity contribution in [3.63, 3.8) is 0 Å². The fraction of sp³-hybridized carbons (Fsp3) is 0.733. The van der Waals surface area contributed by atoms with Crippen LogP contribution in [-0.2, 0) is 19.1 Å². The Kier molecular flexibility index (Phi) is 10.9. The van der Waals surface area contributed by atoms with E-state index in [0.717, 1.165) is 38.5 Å². The van der Waals surface area contributed by atoms with Crippen LogP contribution < -0.4 is 0 Å². The van der Waals surface area contributed by atoms with E-state index in [1.165, 1.54) is 6.08 Å². The summed E-state index contributed by atoms with van der Waals surface area (Å²) in [5.41, 5.74) is 0. The van der Waals surface area contributed by atoms with Gasteiger partial charge in [0, 0.05) is 12.8 Å². The van der Waals surface area contributed by atoms with Crippen molar-refractivity contribution in [3.8, 4) is 0 Å². The normalized spacial score (nSPS) is 10.3. The van der Waals surface area contributed by atoms with Crippen molar-refractivity contribution in [3.05, 3.63) is 12.7 Å². The van der Waals surface area contributed by atoms with Crippen LogP contribution in [0.4, 0.5) is 0 Å². The second-order valence-electron chi connectivity index (χ2n) is 4.50. The van der Waals surface area contributed by atoms with Gasteiger partial charge < -0.3 is 9.47 Å². The maximum atomic E-state index is 11.5. The molecule has 0 amide bonds. The first-order valence-corrected chi connectivity index (χ1v) is 7.15. The highest BCUT2D eigenvalue weighted by atomic mass is 16.7. The van der Waals surface area contributed by atoms with Crippen LogP contribution in [0.3, 0.4) is 0 Å². The Morgan fingerprint density at radius 1 is 0.947 bits per heavy atom. The first-order valence-electron chi connectivity index (χ1n) is 7.15. The molecule has 0 aromatic heterocycles. The van der Waals surface area contributed by atoms with Crippen LogP contribution >= 0.6 is 0 Å². The molecule has 0 aliphatic rings. The maximum Gasteiger partial charge on any atom is 0.309 e. The zero-order valence-electron chi connectivity index (χ0n) is 12.2. The van der Waals surface area contributed by atoms with Gasteiger partial charge in [-0.15, -0.1) is 0 Å². The van der Waals surface area contributed by atoms with Crippen LogP contribution in [-0.4, -0.2) is 18.2 Å². The van der Waals surface area contributed by atoms with E-state index in [2.05, 4.69) is 20.4 Å². The summed E-state index contributed by atoms with van der Waals surface area (Å²) in [6, 6.07) is 0. The summed E-state index contributed by atoms with van der Waals surface area (Å²) < 4.78 is 10.0. The van der Waals surface area contributed by atoms with Gasteiger partial charge in [-0.05, 0) is 18.9 Å². The smallest absolute Gasteiger partial charge is 0.309 e. The van der Waals surface area contributed by atoms with Crippen molar-refractivity contribution < 1.29 is 19.1 Å². The molecule has 0 aliphatic carbocycles. The Morgan fingerprint density at radius 2 is 1.37 bits per heavy atom. The van der Waals surface area contributed by atoms with Crippen molar-refractivity contribution in [2.24, 2.45) is 0 Å². The first kappa shape index (κ1) is 17.7. The standard InChI is InChI=1S/C15H26O4/c1-4-7-9-11-13(16)18-15(6-3)19-14(17)12-10-8-5-2/h6,15H,3-5,7-12H2,1-2H3. The van der Waals surface area contributed by atoms with Crippen LogP contribution in [0.2, 0.25) is 0 Å². The molecular formula is C15H26O4. The van der Waals surface area contributed by atoms with Gasteiger partial charge >= 0.3 is 11.9 Å². The fourth-order valence-corrected chi connectivity index (χ4v) is 1.54. The van der Waals surface area contributed by atoms with Gasteiger partial charge in [0.1, 0.15) is 0 Å². The highest BCUT2D eigenvalue weighted by Crippen LogP contribution is 2.07. The molecule has 0 bridgehead atoms. The molecule has 0 heterocycles. The molecule has 0 fully saturated rings. The highest BCUT2D eigenvalue weighted by molar-refractivity contribution is 5.71. The maximum absolute atomic E-state index is 11.5. The minimum Gasteiger partial charge on any atom is -0.421 e. The molecule has 0 radical (unpaired) electrons. The lowest BCUT2D eigenvalue weighted by atomic mass is 10.2. The Bertz CT molecular complexity index is 249. The Labute approximate surface area is 116 Å². The highest BCUT2D eigenvalue weighted by Gasteiger charge is 2.15. The Morgan fingerprint density at radius 3 is 1.68 bits per heavy atom. The zero-order valence-corrected chi connectivity index (χ0v) is 12.2. The molecule has 0 atom stereocenters. The lowest BCUT2D eigenvalue weighted by Crippen LogP contribution is -2.22. The SMILES string of the molecule is C=CC(OC(=O)CCCCC)OC(=O)CCCCC. The predicted molar refractivity (Wildman–Crippen MR) is 74.5 cm³/mol. The van der Waals surface area contributed by atoms with Crippen LogP contribution in [0.5, 0.6) is 0 Å². The summed E-state index contributed by atoms with van der Waals surface area (Å²) in [6.45, 7) is 7.64. The molecular weight excluding hydrogens is 244 g/mol. The van der Waals surface area contributed by atoms with Crippen molar-refractivity contribution >= 4 is 11.9 Å². The summed E-state index contributed by atoms with van der Waals surface area (Å²) in [5, 5.41) is 0. The predicted octanol–water partition coefficient (Wildman–Crippen LogP) is 3.75. The van der Waals surface area contributed by atoms with Gasteiger partial charge in [-0.2, -0.15) is 0 Å². The van der Waals surface area contributed by atoms with Gasteiger partial charge in [0.05, 0.1) is 0 Å². The molecule has 0 aromatic rings. The number of ether oxygens (including phenoxy) is 2. The Hall–Kier alpha value is -1.32. The summed E-state index contributed by atoms with van der Waals surface area (Å²) >= 11 is 0. The zero-order chi connectivity index (χ0) is 14.5. The summed E-state index contributed by atoms with van der Waals surface area (Å²) in [7, 11) is 0. The van der Waals surface area contributed by atoms with Crippen molar-refractivity contribution in [1.82, 2.24) is 0 Å². The third-order valence-corrected chi connectivity index (χ3v) is 2.66. The van der Waals surface area contributed by atoms with Crippen molar-refractivity contribution in [2.75, 3.05) is 0 Å². The first-order chi connectivity index (χ1) is 9.13. The van der Waals surface area contributed by atoms with E-state index in [-0.39, 0.29) is 11.9 Å². The second-order valence-corrected chi connectivity index (χ2v) is 4.50. The molecule has 0 aromatic carbocycles. The lowest BCUT2D eigenvalue weighted by molar-refractivity contribution is -0.179. The number of unbranched alkanes of at least 4 members (excludes halogenated alkanes) is 4. The molecule has 0 aliphatic heterocycles. The molecule has 110 valence electrons. The van der Waals surface area contributed by atoms with Gasteiger partial charge in [0.15, 0.2) is 0 Å². The van der Waals surface area contributed by atoms with E-state index in [1.807, 2.05) is 0 Å².